The number of amides is 2. The van der Waals surface area contributed by atoms with Crippen LogP contribution in [0.2, 0.25) is 0 Å². The number of carbonyl (C=O) groups is 3. The summed E-state index contributed by atoms with van der Waals surface area (Å²) in [5.41, 5.74) is -1.99. The van der Waals surface area contributed by atoms with Crippen molar-refractivity contribution in [2.75, 3.05) is 23.9 Å². The molecule has 0 aliphatic heterocycles. The Morgan fingerprint density at radius 2 is 1.78 bits per heavy atom. The molecule has 238 valence electrons. The average molecular weight is 637 g/mol. The minimum atomic E-state index is -4.79. The zero-order valence-electron chi connectivity index (χ0n) is 24.1. The third-order valence-electron chi connectivity index (χ3n) is 5.71. The maximum Gasteiger partial charge on any atom is 0.416 e. The molecule has 45 heavy (non-hydrogen) atoms. The molecule has 0 bridgehead atoms. The number of esters is 1. The molecule has 3 heterocycles. The van der Waals surface area contributed by atoms with Crippen molar-refractivity contribution < 1.29 is 50.2 Å². The molecule has 0 radical (unpaired) electrons. The van der Waals surface area contributed by atoms with Gasteiger partial charge in [-0.3, -0.25) is 9.69 Å². The van der Waals surface area contributed by atoms with Gasteiger partial charge in [0.05, 0.1) is 30.2 Å². The van der Waals surface area contributed by atoms with Gasteiger partial charge in [0, 0.05) is 11.8 Å². The average Bonchev–Trinajstić information content (AvgIpc) is 3.63. The van der Waals surface area contributed by atoms with E-state index < -0.39 is 54.2 Å². The van der Waals surface area contributed by atoms with Gasteiger partial charge in [-0.1, -0.05) is 0 Å². The second-order valence-corrected chi connectivity index (χ2v) is 10.3. The molecule has 0 aliphatic rings. The van der Waals surface area contributed by atoms with Crippen LogP contribution in [0.5, 0.6) is 0 Å². The predicted molar refractivity (Wildman–Crippen MR) is 147 cm³/mol. The Bertz CT molecular complexity index is 1690. The van der Waals surface area contributed by atoms with Gasteiger partial charge < -0.3 is 19.2 Å². The van der Waals surface area contributed by atoms with Gasteiger partial charge in [-0.15, -0.1) is 0 Å². The molecule has 1 N–H and O–H groups in total. The Kier molecular flexibility index (Phi) is 9.20. The number of nitrogens with zero attached hydrogens (tertiary/aromatic N) is 5. The predicted octanol–water partition coefficient (Wildman–Crippen LogP) is 6.20. The van der Waals surface area contributed by atoms with E-state index in [-0.39, 0.29) is 33.3 Å². The van der Waals surface area contributed by atoms with Crippen LogP contribution in [0.25, 0.3) is 17.1 Å². The van der Waals surface area contributed by atoms with Crippen molar-refractivity contribution in [2.45, 2.75) is 39.0 Å². The van der Waals surface area contributed by atoms with Gasteiger partial charge in [0.25, 0.3) is 12.3 Å². The lowest BCUT2D eigenvalue weighted by atomic mass is 10.2. The van der Waals surface area contributed by atoms with Crippen LogP contribution >= 0.6 is 0 Å². The number of oxazole rings is 1. The lowest BCUT2D eigenvalue weighted by Gasteiger charge is -2.27. The van der Waals surface area contributed by atoms with Gasteiger partial charge in [-0.05, 0) is 57.2 Å². The van der Waals surface area contributed by atoms with Crippen LogP contribution in [0.4, 0.5) is 38.3 Å². The largest absolute Gasteiger partial charge is 0.465 e. The third-order valence-corrected chi connectivity index (χ3v) is 5.71. The number of rotatable bonds is 8. The zero-order valence-corrected chi connectivity index (χ0v) is 24.1. The molecule has 3 aromatic heterocycles. The molecular formula is C28H25F5N6O6. The number of hydrogen-bond donors (Lipinski definition) is 1. The summed E-state index contributed by atoms with van der Waals surface area (Å²) in [6.45, 7) is 2.75. The number of pyridine rings is 1. The Morgan fingerprint density at radius 3 is 2.38 bits per heavy atom. The lowest BCUT2D eigenvalue weighted by Crippen LogP contribution is -2.42. The highest BCUT2D eigenvalue weighted by atomic mass is 19.4. The minimum absolute atomic E-state index is 0.0475. The molecule has 0 saturated carbocycles. The Balaban J connectivity index is 1.57. The number of nitrogens with one attached hydrogen (secondary N) is 1. The fourth-order valence-electron chi connectivity index (χ4n) is 3.78. The summed E-state index contributed by atoms with van der Waals surface area (Å²) in [7, 11) is 1.21. The highest BCUT2D eigenvalue weighted by Gasteiger charge is 2.37. The maximum absolute atomic E-state index is 13.8. The topological polar surface area (TPSA) is 142 Å². The number of methoxy groups -OCH3 is 1. The van der Waals surface area contributed by atoms with Crippen LogP contribution in [-0.2, 0) is 9.47 Å². The van der Waals surface area contributed by atoms with Crippen LogP contribution in [0.15, 0.2) is 59.5 Å². The molecule has 0 fully saturated rings. The van der Waals surface area contributed by atoms with Crippen LogP contribution < -0.4 is 10.2 Å². The highest BCUT2D eigenvalue weighted by molar-refractivity contribution is 6.03. The van der Waals surface area contributed by atoms with Crippen molar-refractivity contribution in [2.24, 2.45) is 0 Å². The van der Waals surface area contributed by atoms with Crippen molar-refractivity contribution >= 4 is 29.5 Å². The molecular weight excluding hydrogens is 611 g/mol. The number of ether oxygens (including phenoxy) is 2. The van der Waals surface area contributed by atoms with Crippen molar-refractivity contribution in [1.29, 1.82) is 0 Å². The zero-order chi connectivity index (χ0) is 33.1. The van der Waals surface area contributed by atoms with E-state index in [0.717, 1.165) is 29.4 Å². The van der Waals surface area contributed by atoms with Crippen molar-refractivity contribution in [1.82, 2.24) is 19.7 Å². The molecule has 0 unspecified atom stereocenters. The quantitative estimate of drug-likeness (QED) is 0.177. The maximum atomic E-state index is 13.8. The molecule has 0 spiro atoms. The van der Waals surface area contributed by atoms with Gasteiger partial charge in [0.2, 0.25) is 5.89 Å². The van der Waals surface area contributed by atoms with E-state index in [1.807, 2.05) is 0 Å². The summed E-state index contributed by atoms with van der Waals surface area (Å²) in [6.07, 6.45) is -6.03. The molecule has 0 saturated heterocycles. The lowest BCUT2D eigenvalue weighted by molar-refractivity contribution is -0.119. The molecule has 4 aromatic rings. The summed E-state index contributed by atoms with van der Waals surface area (Å²) in [5.74, 6) is -2.23. The molecule has 4 rings (SSSR count). The van der Waals surface area contributed by atoms with Crippen molar-refractivity contribution in [3.63, 3.8) is 0 Å². The van der Waals surface area contributed by atoms with Crippen LogP contribution in [-0.4, -0.2) is 63.2 Å². The summed E-state index contributed by atoms with van der Waals surface area (Å²) >= 11 is 0. The van der Waals surface area contributed by atoms with Gasteiger partial charge in [-0.2, -0.15) is 18.3 Å². The van der Waals surface area contributed by atoms with Crippen LogP contribution in [0, 0.1) is 0 Å². The summed E-state index contributed by atoms with van der Waals surface area (Å²) in [4.78, 5) is 45.3. The smallest absolute Gasteiger partial charge is 0.416 e. The summed E-state index contributed by atoms with van der Waals surface area (Å²) in [5, 5.41) is 6.11. The van der Waals surface area contributed by atoms with Gasteiger partial charge >= 0.3 is 18.2 Å². The third kappa shape index (κ3) is 8.18. The first-order valence-corrected chi connectivity index (χ1v) is 12.9. The second kappa shape index (κ2) is 12.7. The number of alkyl halides is 5. The van der Waals surface area contributed by atoms with Gasteiger partial charge in [-0.25, -0.2) is 33.0 Å². The fourth-order valence-corrected chi connectivity index (χ4v) is 3.78. The van der Waals surface area contributed by atoms with Crippen molar-refractivity contribution in [3.05, 3.63) is 72.0 Å². The molecule has 1 aromatic carbocycles. The molecule has 17 heteroatoms. The number of anilines is 2. The first-order valence-electron chi connectivity index (χ1n) is 12.9. The van der Waals surface area contributed by atoms with Crippen molar-refractivity contribution in [3.8, 4) is 17.1 Å². The number of hydrogen-bond acceptors (Lipinski definition) is 9. The Morgan fingerprint density at radius 1 is 1.09 bits per heavy atom. The second-order valence-electron chi connectivity index (χ2n) is 10.3. The highest BCUT2D eigenvalue weighted by Crippen LogP contribution is 2.29. The summed E-state index contributed by atoms with van der Waals surface area (Å²) < 4.78 is 83.5. The minimum Gasteiger partial charge on any atom is -0.465 e. The molecule has 0 aliphatic carbocycles. The van der Waals surface area contributed by atoms with Crippen LogP contribution in [0.1, 0.15) is 53.7 Å². The Hall–Kier alpha value is -5.35. The normalized spacial score (nSPS) is 11.8. The van der Waals surface area contributed by atoms with Crippen LogP contribution in [0.3, 0.4) is 0 Å². The van der Waals surface area contributed by atoms with Gasteiger partial charge in [0.15, 0.2) is 11.4 Å². The standard InChI is InChI=1S/C28H25F5N6O6/c1-27(2,3)45-26(42)38(14-28(31,32)33)20-11-16(9-10-34-20)24-36-19(13-44-24)23(40)35-18-12-39(37-21(18)22(29)30)17-7-5-15(6-8-17)25(41)43-4/h5-13,22H,14H2,1-4H3,(H,35,40). The fraction of sp³-hybridized carbons (Fsp3) is 0.286. The number of halogens is 5. The van der Waals surface area contributed by atoms with E-state index in [4.69, 9.17) is 9.15 Å². The molecule has 2 amide bonds. The van der Waals surface area contributed by atoms with E-state index in [2.05, 4.69) is 25.1 Å². The molecule has 0 atom stereocenters. The van der Waals surface area contributed by atoms with E-state index in [1.165, 1.54) is 58.2 Å². The number of aromatic nitrogens is 4. The SMILES string of the molecule is COC(=O)c1ccc(-n2cc(NC(=O)c3coc(-c4ccnc(N(CC(F)(F)F)C(=O)OC(C)(C)C)c4)n3)c(C(F)F)n2)cc1. The summed E-state index contributed by atoms with van der Waals surface area (Å²) in [6, 6.07) is 8.06. The monoisotopic (exact) mass is 636 g/mol. The van der Waals surface area contributed by atoms with E-state index in [1.54, 1.807) is 0 Å². The first kappa shape index (κ1) is 32.6. The van der Waals surface area contributed by atoms with E-state index in [9.17, 15) is 36.3 Å². The molecule has 12 nitrogen and oxygen atoms in total. The first-order chi connectivity index (χ1) is 21.0. The van der Waals surface area contributed by atoms with Gasteiger partial charge in [0.1, 0.15) is 24.2 Å². The van der Waals surface area contributed by atoms with E-state index >= 15 is 0 Å². The van der Waals surface area contributed by atoms with E-state index in [0.29, 0.717) is 5.69 Å². The number of carbonyl (C=O) groups excluding carboxylic acids is 3. The number of benzene rings is 1. The Labute approximate surface area is 251 Å².